The van der Waals surface area contributed by atoms with E-state index in [2.05, 4.69) is 19.2 Å². The van der Waals surface area contributed by atoms with Crippen molar-refractivity contribution in [2.24, 2.45) is 5.73 Å². The van der Waals surface area contributed by atoms with Gasteiger partial charge < -0.3 is 30.3 Å². The van der Waals surface area contributed by atoms with Crippen molar-refractivity contribution in [3.8, 4) is 0 Å². The zero-order valence-corrected chi connectivity index (χ0v) is 30.0. The summed E-state index contributed by atoms with van der Waals surface area (Å²) in [7, 11) is -4.10. The van der Waals surface area contributed by atoms with E-state index in [1.165, 1.54) is 88.8 Å². The number of carbonyl (C=O) groups is 3. The highest BCUT2D eigenvalue weighted by atomic mass is 32.2. The molecule has 0 rings (SSSR count). The van der Waals surface area contributed by atoms with E-state index in [0.29, 0.717) is 18.6 Å². The third-order valence-electron chi connectivity index (χ3n) is 7.56. The van der Waals surface area contributed by atoms with Crippen molar-refractivity contribution in [3.63, 3.8) is 0 Å². The summed E-state index contributed by atoms with van der Waals surface area (Å²) in [6.07, 6.45) is 20.7. The number of amides is 1. The summed E-state index contributed by atoms with van der Waals surface area (Å²) in [6, 6.07) is -0.836. The van der Waals surface area contributed by atoms with Crippen LogP contribution in [0.2, 0.25) is 0 Å². The Bertz CT molecular complexity index is 799. The van der Waals surface area contributed by atoms with Crippen molar-refractivity contribution in [3.05, 3.63) is 0 Å². The lowest BCUT2D eigenvalue weighted by atomic mass is 10.1. The first-order chi connectivity index (χ1) is 21.6. The largest absolute Gasteiger partial charge is 0.462 e. The van der Waals surface area contributed by atoms with Crippen molar-refractivity contribution in [2.75, 3.05) is 30.8 Å². The number of ether oxygens (including phenoxy) is 2. The normalized spacial score (nSPS) is 12.9. The number of esters is 2. The molecule has 0 saturated heterocycles. The molecule has 1 amide bonds. The van der Waals surface area contributed by atoms with Crippen LogP contribution in [0.5, 0.6) is 0 Å². The fraction of sp³-hybridized carbons (Fsp3) is 0.909. The Balaban J connectivity index is 4.50. The van der Waals surface area contributed by atoms with E-state index in [-0.39, 0.29) is 43.4 Å². The van der Waals surface area contributed by atoms with Gasteiger partial charge in [0.15, 0.2) is 0 Å². The minimum Gasteiger partial charge on any atom is -0.462 e. The molecule has 0 spiro atoms. The summed E-state index contributed by atoms with van der Waals surface area (Å²) >= 11 is 1.33. The van der Waals surface area contributed by atoms with Gasteiger partial charge in [0.05, 0.1) is 12.2 Å². The van der Waals surface area contributed by atoms with Crippen molar-refractivity contribution < 1.29 is 38.2 Å². The molecule has 0 aliphatic rings. The third kappa shape index (κ3) is 31.2. The molecule has 0 aromatic rings. The van der Waals surface area contributed by atoms with Crippen LogP contribution in [0.15, 0.2) is 0 Å². The monoisotopic (exact) mass is 680 g/mol. The lowest BCUT2D eigenvalue weighted by Gasteiger charge is -2.19. The van der Waals surface area contributed by atoms with Gasteiger partial charge in [-0.15, -0.1) is 0 Å². The maximum Gasteiger partial charge on any atom is 0.325 e. The van der Waals surface area contributed by atoms with E-state index in [0.717, 1.165) is 38.5 Å². The van der Waals surface area contributed by atoms with Gasteiger partial charge in [-0.05, 0) is 19.3 Å². The molecule has 0 saturated carbocycles. The number of nitrogens with two attached hydrogens (primary N) is 1. The van der Waals surface area contributed by atoms with Crippen LogP contribution in [0.4, 0.5) is 0 Å². The maximum atomic E-state index is 12.6. The molecule has 45 heavy (non-hydrogen) atoms. The van der Waals surface area contributed by atoms with E-state index < -0.39 is 25.6 Å². The van der Waals surface area contributed by atoms with E-state index in [1.54, 1.807) is 0 Å². The molecule has 0 aliphatic carbocycles. The van der Waals surface area contributed by atoms with E-state index >= 15 is 0 Å². The molecule has 2 atom stereocenters. The number of thioether (sulfide) groups is 1. The van der Waals surface area contributed by atoms with Gasteiger partial charge in [-0.2, -0.15) is 11.8 Å². The van der Waals surface area contributed by atoms with Crippen LogP contribution in [0.25, 0.3) is 0 Å². The van der Waals surface area contributed by atoms with Crippen LogP contribution in [-0.4, -0.2) is 70.6 Å². The Hall–Kier alpha value is -1.13. The quantitative estimate of drug-likeness (QED) is 0.0329. The molecule has 0 heterocycles. The average molecular weight is 681 g/mol. The van der Waals surface area contributed by atoms with Gasteiger partial charge in [0.1, 0.15) is 12.7 Å². The predicted molar refractivity (Wildman–Crippen MR) is 184 cm³/mol. The summed E-state index contributed by atoms with van der Waals surface area (Å²) < 4.78 is 22.1. The summed E-state index contributed by atoms with van der Waals surface area (Å²) in [5, 5.41) is 2.58. The summed E-state index contributed by atoms with van der Waals surface area (Å²) in [6.45, 7) is 4.52. The Morgan fingerprint density at radius 3 is 1.67 bits per heavy atom. The highest BCUT2D eigenvalue weighted by Crippen LogP contribution is 2.34. The molecule has 10 nitrogen and oxygen atoms in total. The molecule has 0 bridgehead atoms. The number of carbonyl (C=O) groups excluding carboxylic acids is 3. The topological polar surface area (TPSA) is 165 Å². The van der Waals surface area contributed by atoms with Gasteiger partial charge in [0.25, 0.3) is 0 Å². The molecule has 5 N–H and O–H groups in total. The van der Waals surface area contributed by atoms with E-state index in [1.807, 2.05) is 0 Å². The zero-order chi connectivity index (χ0) is 33.6. The molecule has 12 heteroatoms. The Morgan fingerprint density at radius 2 is 1.18 bits per heavy atom. The molecule has 0 unspecified atom stereocenters. The molecule has 0 aromatic heterocycles. The van der Waals surface area contributed by atoms with Crippen LogP contribution in [-0.2, 0) is 28.4 Å². The Kier molecular flexibility index (Phi) is 29.5. The highest BCUT2D eigenvalue weighted by Gasteiger charge is 2.20. The summed E-state index contributed by atoms with van der Waals surface area (Å²) in [5.41, 5.74) is 5.97. The molecule has 0 fully saturated rings. The zero-order valence-electron chi connectivity index (χ0n) is 28.3. The number of nitrogens with one attached hydrogen (secondary N) is 1. The Labute approximate surface area is 277 Å². The van der Waals surface area contributed by atoms with Gasteiger partial charge in [0.2, 0.25) is 5.91 Å². The number of unbranched alkanes of at least 4 members (excludes halogenated alkanes) is 16. The van der Waals surface area contributed by atoms with Gasteiger partial charge in [-0.1, -0.05) is 117 Å². The first kappa shape index (κ1) is 43.9. The fourth-order valence-corrected chi connectivity index (χ4v) is 6.35. The van der Waals surface area contributed by atoms with Gasteiger partial charge >= 0.3 is 19.5 Å². The lowest BCUT2D eigenvalue weighted by molar-refractivity contribution is -0.157. The summed E-state index contributed by atoms with van der Waals surface area (Å²) in [5.74, 6) is -0.448. The van der Waals surface area contributed by atoms with Gasteiger partial charge in [0, 0.05) is 30.9 Å². The first-order valence-electron chi connectivity index (χ1n) is 17.6. The fourth-order valence-electron chi connectivity index (χ4n) is 4.81. The first-order valence-corrected chi connectivity index (χ1v) is 20.5. The van der Waals surface area contributed by atoms with Crippen molar-refractivity contribution in [1.29, 1.82) is 0 Å². The second kappa shape index (κ2) is 30.2. The van der Waals surface area contributed by atoms with Gasteiger partial charge in [-0.25, -0.2) is 0 Å². The second-order valence-electron chi connectivity index (χ2n) is 12.1. The van der Waals surface area contributed by atoms with E-state index in [4.69, 9.17) is 25.0 Å². The van der Waals surface area contributed by atoms with Crippen LogP contribution in [0.3, 0.4) is 0 Å². The molecular formula is C33H65N2O8PS. The molecule has 266 valence electrons. The van der Waals surface area contributed by atoms with Crippen molar-refractivity contribution >= 4 is 37.2 Å². The number of rotatable bonds is 32. The van der Waals surface area contributed by atoms with Gasteiger partial charge in [-0.3, -0.25) is 18.9 Å². The molecule has 0 radical (unpaired) electrons. The van der Waals surface area contributed by atoms with Crippen LogP contribution in [0, 0.1) is 0 Å². The van der Waals surface area contributed by atoms with E-state index in [9.17, 15) is 18.9 Å². The van der Waals surface area contributed by atoms with Crippen LogP contribution in [0.1, 0.15) is 149 Å². The minimum absolute atomic E-state index is 0.0312. The maximum absolute atomic E-state index is 12.6. The standard InChI is InChI=1S/C33H65N2O8PS/c1-3-5-7-9-11-13-15-17-19-22-31(36)42-26-29(43-32(37)23-20-18-16-14-12-10-8-6-4-2)27-45-28-30(34)33(38)35-24-21-25-44(39,40)41/h29-30H,3-28,34H2,1-2H3,(H,35,38)(H2,39,40,41)/t29-,30-/m1/s1. The third-order valence-corrected chi connectivity index (χ3v) is 9.66. The molecule has 0 aromatic carbocycles. The van der Waals surface area contributed by atoms with Crippen molar-refractivity contribution in [1.82, 2.24) is 5.32 Å². The lowest BCUT2D eigenvalue weighted by Crippen LogP contribution is -2.43. The number of hydrogen-bond acceptors (Lipinski definition) is 8. The van der Waals surface area contributed by atoms with Crippen LogP contribution >= 0.6 is 19.4 Å². The SMILES string of the molecule is CCCCCCCCCCCC(=O)OC[C@H](CSC[C@@H](N)C(=O)NCCCP(=O)(O)O)OC(=O)CCCCCCCCCCC. The Morgan fingerprint density at radius 1 is 0.711 bits per heavy atom. The smallest absolute Gasteiger partial charge is 0.325 e. The minimum atomic E-state index is -4.10. The molecule has 0 aliphatic heterocycles. The highest BCUT2D eigenvalue weighted by molar-refractivity contribution is 7.99. The number of hydrogen-bond donors (Lipinski definition) is 4. The predicted octanol–water partition coefficient (Wildman–Crippen LogP) is 7.03. The van der Waals surface area contributed by atoms with Crippen LogP contribution < -0.4 is 11.1 Å². The average Bonchev–Trinajstić information content (AvgIpc) is 2.99. The summed E-state index contributed by atoms with van der Waals surface area (Å²) in [4.78, 5) is 55.0. The second-order valence-corrected chi connectivity index (χ2v) is 15.0. The van der Waals surface area contributed by atoms with Crippen molar-refractivity contribution in [2.45, 2.75) is 161 Å². The molecular weight excluding hydrogens is 615 g/mol.